The molecule has 0 bridgehead atoms. The largest absolute Gasteiger partial charge is 0.458 e. The highest BCUT2D eigenvalue weighted by Crippen LogP contribution is 2.31. The Balaban J connectivity index is 2.08. The number of carbonyl (C=O) groups is 2. The van der Waals surface area contributed by atoms with Crippen molar-refractivity contribution in [1.29, 1.82) is 0 Å². The van der Waals surface area contributed by atoms with E-state index in [0.29, 0.717) is 12.0 Å². The number of ether oxygens (including phenoxy) is 1. The van der Waals surface area contributed by atoms with Gasteiger partial charge in [-0.2, -0.15) is 0 Å². The Hall–Kier alpha value is -2.16. The maximum Gasteiger partial charge on any atom is 0.338 e. The summed E-state index contributed by atoms with van der Waals surface area (Å²) in [5, 5.41) is 0. The number of rotatable bonds is 4. The molecule has 1 aliphatic carbocycles. The molecule has 0 aliphatic heterocycles. The second-order valence-corrected chi connectivity index (χ2v) is 5.07. The van der Waals surface area contributed by atoms with Gasteiger partial charge in [-0.05, 0) is 43.0 Å². The molecule has 0 fully saturated rings. The monoisotopic (exact) mass is 270 g/mol. The van der Waals surface area contributed by atoms with Crippen molar-refractivity contribution in [2.45, 2.75) is 25.7 Å². The zero-order valence-electron chi connectivity index (χ0n) is 11.6. The minimum absolute atomic E-state index is 0.174. The van der Waals surface area contributed by atoms with Crippen LogP contribution in [-0.4, -0.2) is 18.4 Å². The standard InChI is InChI=1S/C17H18O3/c1-3-8-20-17(19)14-6-4-13(5-7-14)15-9-12(2)10-16(18)11-15/h3-7,10,15H,1,8-9,11H2,2H3. The first kappa shape index (κ1) is 14.3. The zero-order valence-corrected chi connectivity index (χ0v) is 11.6. The molecule has 0 saturated heterocycles. The fourth-order valence-corrected chi connectivity index (χ4v) is 2.44. The number of allylic oxidation sites excluding steroid dienone is 2. The van der Waals surface area contributed by atoms with E-state index >= 15 is 0 Å². The Morgan fingerprint density at radius 1 is 1.35 bits per heavy atom. The van der Waals surface area contributed by atoms with Gasteiger partial charge in [-0.25, -0.2) is 4.79 Å². The SMILES string of the molecule is C=CCOC(=O)c1ccc(C2CC(=O)C=C(C)C2)cc1. The third-order valence-corrected chi connectivity index (χ3v) is 3.37. The van der Waals surface area contributed by atoms with Gasteiger partial charge in [-0.1, -0.05) is 30.4 Å². The van der Waals surface area contributed by atoms with Gasteiger partial charge in [-0.3, -0.25) is 4.79 Å². The van der Waals surface area contributed by atoms with E-state index in [0.717, 1.165) is 17.6 Å². The Labute approximate surface area is 118 Å². The van der Waals surface area contributed by atoms with Crippen molar-refractivity contribution in [2.24, 2.45) is 0 Å². The van der Waals surface area contributed by atoms with Gasteiger partial charge in [-0.15, -0.1) is 0 Å². The van der Waals surface area contributed by atoms with Gasteiger partial charge in [0.1, 0.15) is 6.61 Å². The Bertz CT molecular complexity index is 552. The van der Waals surface area contributed by atoms with Crippen molar-refractivity contribution in [3.8, 4) is 0 Å². The second kappa shape index (κ2) is 6.33. The van der Waals surface area contributed by atoms with Crippen LogP contribution in [0.15, 0.2) is 48.6 Å². The maximum absolute atomic E-state index is 11.7. The molecule has 0 N–H and O–H groups in total. The summed E-state index contributed by atoms with van der Waals surface area (Å²) in [7, 11) is 0. The van der Waals surface area contributed by atoms with E-state index in [1.165, 1.54) is 6.08 Å². The van der Waals surface area contributed by atoms with E-state index in [1.807, 2.05) is 19.1 Å². The van der Waals surface area contributed by atoms with Crippen molar-refractivity contribution < 1.29 is 14.3 Å². The molecule has 0 aromatic heterocycles. The van der Waals surface area contributed by atoms with Gasteiger partial charge in [0.15, 0.2) is 5.78 Å². The number of ketones is 1. The molecule has 1 aromatic carbocycles. The maximum atomic E-state index is 11.7. The van der Waals surface area contributed by atoms with Crippen LogP contribution in [0, 0.1) is 0 Å². The van der Waals surface area contributed by atoms with E-state index in [9.17, 15) is 9.59 Å². The highest BCUT2D eigenvalue weighted by molar-refractivity contribution is 5.92. The van der Waals surface area contributed by atoms with Gasteiger partial charge >= 0.3 is 5.97 Å². The van der Waals surface area contributed by atoms with E-state index in [-0.39, 0.29) is 24.3 Å². The molecule has 0 spiro atoms. The highest BCUT2D eigenvalue weighted by Gasteiger charge is 2.20. The number of hydrogen-bond donors (Lipinski definition) is 0. The fourth-order valence-electron chi connectivity index (χ4n) is 2.44. The summed E-state index contributed by atoms with van der Waals surface area (Å²) in [4.78, 5) is 23.3. The zero-order chi connectivity index (χ0) is 14.5. The first-order valence-electron chi connectivity index (χ1n) is 6.68. The molecule has 104 valence electrons. The van der Waals surface area contributed by atoms with Crippen LogP contribution in [0.25, 0.3) is 0 Å². The van der Waals surface area contributed by atoms with Crippen molar-refractivity contribution in [3.63, 3.8) is 0 Å². The average molecular weight is 270 g/mol. The lowest BCUT2D eigenvalue weighted by Gasteiger charge is -2.20. The molecule has 2 rings (SSSR count). The quantitative estimate of drug-likeness (QED) is 0.622. The molecule has 1 aliphatic rings. The fraction of sp³-hybridized carbons (Fsp3) is 0.294. The average Bonchev–Trinajstić information content (AvgIpc) is 2.44. The number of hydrogen-bond acceptors (Lipinski definition) is 3. The molecule has 0 amide bonds. The lowest BCUT2D eigenvalue weighted by atomic mass is 9.83. The minimum atomic E-state index is -0.354. The Morgan fingerprint density at radius 3 is 2.65 bits per heavy atom. The van der Waals surface area contributed by atoms with Crippen molar-refractivity contribution in [2.75, 3.05) is 6.61 Å². The highest BCUT2D eigenvalue weighted by atomic mass is 16.5. The second-order valence-electron chi connectivity index (χ2n) is 5.07. The normalized spacial score (nSPS) is 18.4. The van der Waals surface area contributed by atoms with Crippen LogP contribution in [0.3, 0.4) is 0 Å². The summed E-state index contributed by atoms with van der Waals surface area (Å²) < 4.78 is 4.98. The summed E-state index contributed by atoms with van der Waals surface area (Å²) in [5.74, 6) is 0.0335. The number of esters is 1. The molecule has 0 saturated carbocycles. The first-order chi connectivity index (χ1) is 9.60. The summed E-state index contributed by atoms with van der Waals surface area (Å²) in [6, 6.07) is 7.31. The molecule has 0 heterocycles. The van der Waals surface area contributed by atoms with Gasteiger partial charge in [0, 0.05) is 6.42 Å². The molecule has 1 aromatic rings. The van der Waals surface area contributed by atoms with E-state index in [1.54, 1.807) is 18.2 Å². The lowest BCUT2D eigenvalue weighted by molar-refractivity contribution is -0.115. The molecule has 1 unspecified atom stereocenters. The van der Waals surface area contributed by atoms with E-state index in [4.69, 9.17) is 4.74 Å². The molecule has 0 radical (unpaired) electrons. The van der Waals surface area contributed by atoms with Crippen LogP contribution < -0.4 is 0 Å². The Kier molecular flexibility index (Phi) is 4.51. The topological polar surface area (TPSA) is 43.4 Å². The number of benzene rings is 1. The van der Waals surface area contributed by atoms with Gasteiger partial charge in [0.2, 0.25) is 0 Å². The van der Waals surface area contributed by atoms with Gasteiger partial charge < -0.3 is 4.74 Å². The molecule has 1 atom stereocenters. The predicted octanol–water partition coefficient (Wildman–Crippen LogP) is 3.42. The van der Waals surface area contributed by atoms with Crippen molar-refractivity contribution in [1.82, 2.24) is 0 Å². The molecule has 20 heavy (non-hydrogen) atoms. The summed E-state index contributed by atoms with van der Waals surface area (Å²) in [6.45, 7) is 5.69. The summed E-state index contributed by atoms with van der Waals surface area (Å²) >= 11 is 0. The van der Waals surface area contributed by atoms with Crippen LogP contribution >= 0.6 is 0 Å². The third-order valence-electron chi connectivity index (χ3n) is 3.37. The van der Waals surface area contributed by atoms with Crippen LogP contribution in [0.4, 0.5) is 0 Å². The van der Waals surface area contributed by atoms with E-state index in [2.05, 4.69) is 6.58 Å². The van der Waals surface area contributed by atoms with Gasteiger partial charge in [0.05, 0.1) is 5.56 Å². The van der Waals surface area contributed by atoms with Crippen LogP contribution in [0.5, 0.6) is 0 Å². The molecular formula is C17H18O3. The number of carbonyl (C=O) groups excluding carboxylic acids is 2. The Morgan fingerprint density at radius 2 is 2.05 bits per heavy atom. The van der Waals surface area contributed by atoms with Crippen LogP contribution in [0.1, 0.15) is 41.6 Å². The lowest BCUT2D eigenvalue weighted by Crippen LogP contribution is -2.12. The van der Waals surface area contributed by atoms with Crippen molar-refractivity contribution in [3.05, 3.63) is 59.7 Å². The van der Waals surface area contributed by atoms with E-state index < -0.39 is 0 Å². The molecule has 3 heteroatoms. The van der Waals surface area contributed by atoms with Crippen molar-refractivity contribution >= 4 is 11.8 Å². The summed E-state index contributed by atoms with van der Waals surface area (Å²) in [5.41, 5.74) is 2.72. The first-order valence-corrected chi connectivity index (χ1v) is 6.68. The molecular weight excluding hydrogens is 252 g/mol. The third kappa shape index (κ3) is 3.44. The minimum Gasteiger partial charge on any atom is -0.458 e. The van der Waals surface area contributed by atoms with Crippen LogP contribution in [0.2, 0.25) is 0 Å². The predicted molar refractivity (Wildman–Crippen MR) is 77.7 cm³/mol. The summed E-state index contributed by atoms with van der Waals surface area (Å²) in [6.07, 6.45) is 4.69. The molecule has 3 nitrogen and oxygen atoms in total. The van der Waals surface area contributed by atoms with Gasteiger partial charge in [0.25, 0.3) is 0 Å². The van der Waals surface area contributed by atoms with Crippen LogP contribution in [-0.2, 0) is 9.53 Å². The smallest absolute Gasteiger partial charge is 0.338 e.